The molecule has 0 saturated heterocycles. The lowest BCUT2D eigenvalue weighted by molar-refractivity contribution is 0.0778. The van der Waals surface area contributed by atoms with Crippen LogP contribution in [0, 0.1) is 13.8 Å². The van der Waals surface area contributed by atoms with Crippen LogP contribution in [0.5, 0.6) is 0 Å². The Bertz CT molecular complexity index is 724. The highest BCUT2D eigenvalue weighted by molar-refractivity contribution is 5.94. The van der Waals surface area contributed by atoms with Gasteiger partial charge in [-0.25, -0.2) is 0 Å². The molecular weight excluding hydrogens is 290 g/mol. The monoisotopic (exact) mass is 311 g/mol. The van der Waals surface area contributed by atoms with E-state index in [4.69, 9.17) is 0 Å². The van der Waals surface area contributed by atoms with Crippen LogP contribution in [-0.2, 0) is 6.54 Å². The van der Waals surface area contributed by atoms with Crippen molar-refractivity contribution in [2.24, 2.45) is 0 Å². The first kappa shape index (κ1) is 16.7. The number of benzene rings is 1. The van der Waals surface area contributed by atoms with Crippen molar-refractivity contribution in [1.29, 1.82) is 0 Å². The zero-order valence-electron chi connectivity index (χ0n) is 13.9. The fourth-order valence-corrected chi connectivity index (χ4v) is 2.37. The molecule has 0 unspecified atom stereocenters. The fraction of sp³-hybridized carbons (Fsp3) is 0.278. The number of carbonyl (C=O) groups is 2. The van der Waals surface area contributed by atoms with Crippen LogP contribution >= 0.6 is 0 Å². The standard InChI is InChI=1S/C18H21N3O2/c1-12-9-13(2)16(20-10-12)18(23)21(4)11-14-5-7-15(8-6-14)17(22)19-3/h5-10H,11H2,1-4H3,(H,19,22). The molecule has 5 nitrogen and oxygen atoms in total. The molecule has 1 aromatic heterocycles. The zero-order valence-corrected chi connectivity index (χ0v) is 13.9. The normalized spacial score (nSPS) is 10.3. The molecular formula is C18H21N3O2. The maximum absolute atomic E-state index is 12.5. The molecule has 0 aliphatic heterocycles. The summed E-state index contributed by atoms with van der Waals surface area (Å²) in [6.07, 6.45) is 1.70. The van der Waals surface area contributed by atoms with Gasteiger partial charge in [-0.15, -0.1) is 0 Å². The van der Waals surface area contributed by atoms with E-state index in [1.807, 2.05) is 32.0 Å². The van der Waals surface area contributed by atoms with Crippen LogP contribution in [0.2, 0.25) is 0 Å². The van der Waals surface area contributed by atoms with E-state index < -0.39 is 0 Å². The molecule has 23 heavy (non-hydrogen) atoms. The predicted octanol–water partition coefficient (Wildman–Crippen LogP) is 2.33. The Morgan fingerprint density at radius 3 is 2.39 bits per heavy atom. The van der Waals surface area contributed by atoms with Crippen molar-refractivity contribution in [1.82, 2.24) is 15.2 Å². The molecule has 0 bridgehead atoms. The van der Waals surface area contributed by atoms with E-state index in [0.717, 1.165) is 16.7 Å². The summed E-state index contributed by atoms with van der Waals surface area (Å²) in [5.74, 6) is -0.238. The number of nitrogens with zero attached hydrogens (tertiary/aromatic N) is 2. The minimum atomic E-state index is -0.125. The molecule has 1 aromatic carbocycles. The highest BCUT2D eigenvalue weighted by atomic mass is 16.2. The largest absolute Gasteiger partial charge is 0.355 e. The van der Waals surface area contributed by atoms with E-state index in [2.05, 4.69) is 10.3 Å². The maximum atomic E-state index is 12.5. The van der Waals surface area contributed by atoms with Crippen molar-refractivity contribution in [3.63, 3.8) is 0 Å². The number of nitrogens with one attached hydrogen (secondary N) is 1. The van der Waals surface area contributed by atoms with E-state index in [1.54, 1.807) is 37.3 Å². The summed E-state index contributed by atoms with van der Waals surface area (Å²) in [6.45, 7) is 4.30. The number of aryl methyl sites for hydroxylation is 2. The Labute approximate surface area is 136 Å². The van der Waals surface area contributed by atoms with Gasteiger partial charge in [0.2, 0.25) is 0 Å². The summed E-state index contributed by atoms with van der Waals surface area (Å²) < 4.78 is 0. The summed E-state index contributed by atoms with van der Waals surface area (Å²) in [7, 11) is 3.34. The highest BCUT2D eigenvalue weighted by Crippen LogP contribution is 2.12. The molecule has 0 saturated carbocycles. The molecule has 1 N–H and O–H groups in total. The number of amides is 2. The number of pyridine rings is 1. The average Bonchev–Trinajstić information content (AvgIpc) is 2.54. The lowest BCUT2D eigenvalue weighted by atomic mass is 10.1. The van der Waals surface area contributed by atoms with Gasteiger partial charge in [0, 0.05) is 32.4 Å². The number of rotatable bonds is 4. The molecule has 120 valence electrons. The smallest absolute Gasteiger partial charge is 0.272 e. The van der Waals surface area contributed by atoms with Crippen LogP contribution in [0.3, 0.4) is 0 Å². The van der Waals surface area contributed by atoms with E-state index in [9.17, 15) is 9.59 Å². The minimum absolute atomic E-state index is 0.113. The second kappa shape index (κ2) is 7.05. The predicted molar refractivity (Wildman–Crippen MR) is 89.3 cm³/mol. The molecule has 5 heteroatoms. The molecule has 1 heterocycles. The first-order valence-corrected chi connectivity index (χ1v) is 7.42. The van der Waals surface area contributed by atoms with Crippen LogP contribution in [0.15, 0.2) is 36.5 Å². The first-order chi connectivity index (χ1) is 10.9. The Morgan fingerprint density at radius 1 is 1.17 bits per heavy atom. The lowest BCUT2D eigenvalue weighted by Gasteiger charge is -2.18. The average molecular weight is 311 g/mol. The lowest BCUT2D eigenvalue weighted by Crippen LogP contribution is -2.27. The third kappa shape index (κ3) is 3.94. The van der Waals surface area contributed by atoms with Gasteiger partial charge in [0.15, 0.2) is 0 Å². The minimum Gasteiger partial charge on any atom is -0.355 e. The second-order valence-corrected chi connectivity index (χ2v) is 5.62. The van der Waals surface area contributed by atoms with Gasteiger partial charge in [0.1, 0.15) is 5.69 Å². The molecule has 0 spiro atoms. The Balaban J connectivity index is 2.10. The van der Waals surface area contributed by atoms with Gasteiger partial charge in [0.05, 0.1) is 0 Å². The van der Waals surface area contributed by atoms with Crippen LogP contribution in [0.1, 0.15) is 37.5 Å². The van der Waals surface area contributed by atoms with Crippen LogP contribution in [0.4, 0.5) is 0 Å². The SMILES string of the molecule is CNC(=O)c1ccc(CN(C)C(=O)c2ncc(C)cc2C)cc1. The van der Waals surface area contributed by atoms with Gasteiger partial charge in [-0.2, -0.15) is 0 Å². The topological polar surface area (TPSA) is 62.3 Å². The van der Waals surface area contributed by atoms with E-state index in [0.29, 0.717) is 17.8 Å². The van der Waals surface area contributed by atoms with Gasteiger partial charge in [0.25, 0.3) is 11.8 Å². The van der Waals surface area contributed by atoms with E-state index in [-0.39, 0.29) is 11.8 Å². The van der Waals surface area contributed by atoms with Gasteiger partial charge in [-0.3, -0.25) is 14.6 Å². The summed E-state index contributed by atoms with van der Waals surface area (Å²) in [4.78, 5) is 29.9. The molecule has 0 aliphatic carbocycles. The van der Waals surface area contributed by atoms with Crippen LogP contribution in [0.25, 0.3) is 0 Å². The molecule has 0 atom stereocenters. The number of carbonyl (C=O) groups excluding carboxylic acids is 2. The third-order valence-electron chi connectivity index (χ3n) is 3.63. The zero-order chi connectivity index (χ0) is 17.0. The molecule has 2 rings (SSSR count). The molecule has 2 amide bonds. The molecule has 0 fully saturated rings. The summed E-state index contributed by atoms with van der Waals surface area (Å²) in [6, 6.07) is 9.16. The molecule has 0 radical (unpaired) electrons. The second-order valence-electron chi connectivity index (χ2n) is 5.62. The fourth-order valence-electron chi connectivity index (χ4n) is 2.37. The highest BCUT2D eigenvalue weighted by Gasteiger charge is 2.16. The van der Waals surface area contributed by atoms with Crippen molar-refractivity contribution in [2.45, 2.75) is 20.4 Å². The molecule has 2 aromatic rings. The number of hydrogen-bond acceptors (Lipinski definition) is 3. The first-order valence-electron chi connectivity index (χ1n) is 7.42. The van der Waals surface area contributed by atoms with Gasteiger partial charge >= 0.3 is 0 Å². The van der Waals surface area contributed by atoms with Crippen LogP contribution in [-0.4, -0.2) is 35.8 Å². The summed E-state index contributed by atoms with van der Waals surface area (Å²) in [5, 5.41) is 2.58. The van der Waals surface area contributed by atoms with Gasteiger partial charge in [-0.05, 0) is 42.7 Å². The van der Waals surface area contributed by atoms with Crippen molar-refractivity contribution < 1.29 is 9.59 Å². The van der Waals surface area contributed by atoms with E-state index in [1.165, 1.54) is 0 Å². The van der Waals surface area contributed by atoms with Crippen molar-refractivity contribution >= 4 is 11.8 Å². The Kier molecular flexibility index (Phi) is 5.11. The van der Waals surface area contributed by atoms with Gasteiger partial charge in [-0.1, -0.05) is 18.2 Å². The molecule has 0 aliphatic rings. The third-order valence-corrected chi connectivity index (χ3v) is 3.63. The summed E-state index contributed by atoms with van der Waals surface area (Å²) in [5.41, 5.74) is 3.93. The van der Waals surface area contributed by atoms with Gasteiger partial charge < -0.3 is 10.2 Å². The summed E-state index contributed by atoms with van der Waals surface area (Å²) >= 11 is 0. The number of aromatic nitrogens is 1. The number of hydrogen-bond donors (Lipinski definition) is 1. The maximum Gasteiger partial charge on any atom is 0.272 e. The van der Waals surface area contributed by atoms with Crippen molar-refractivity contribution in [3.05, 3.63) is 64.5 Å². The van der Waals surface area contributed by atoms with Crippen LogP contribution < -0.4 is 5.32 Å². The van der Waals surface area contributed by atoms with E-state index >= 15 is 0 Å². The van der Waals surface area contributed by atoms with Crippen molar-refractivity contribution in [2.75, 3.05) is 14.1 Å². The Hall–Kier alpha value is -2.69. The quantitative estimate of drug-likeness (QED) is 0.942. The van der Waals surface area contributed by atoms with Crippen molar-refractivity contribution in [3.8, 4) is 0 Å². The Morgan fingerprint density at radius 2 is 1.83 bits per heavy atom.